The van der Waals surface area contributed by atoms with Gasteiger partial charge in [0.15, 0.2) is 11.5 Å². The smallest absolute Gasteiger partial charge is 0.289 e. The lowest BCUT2D eigenvalue weighted by Gasteiger charge is -2.11. The highest BCUT2D eigenvalue weighted by atomic mass is 16.5. The molecule has 2 N–H and O–H groups in total. The molecular formula is C21H22N4O4. The summed E-state index contributed by atoms with van der Waals surface area (Å²) in [6.45, 7) is 1.84. The summed E-state index contributed by atoms with van der Waals surface area (Å²) in [6, 6.07) is 13.0. The lowest BCUT2D eigenvalue weighted by Crippen LogP contribution is -2.19. The number of carbonyl (C=O) groups is 1. The second-order valence-electron chi connectivity index (χ2n) is 6.09. The highest BCUT2D eigenvalue weighted by Crippen LogP contribution is 2.33. The molecule has 3 rings (SSSR count). The topological polar surface area (TPSA) is 97.8 Å². The molecule has 1 amide bonds. The summed E-state index contributed by atoms with van der Waals surface area (Å²) >= 11 is 0. The summed E-state index contributed by atoms with van der Waals surface area (Å²) in [5.41, 5.74) is 5.87. The van der Waals surface area contributed by atoms with Crippen molar-refractivity contribution in [3.05, 3.63) is 59.3 Å². The van der Waals surface area contributed by atoms with Crippen LogP contribution < -0.4 is 19.6 Å². The third-order valence-electron chi connectivity index (χ3n) is 4.39. The molecule has 1 heterocycles. The summed E-state index contributed by atoms with van der Waals surface area (Å²) in [6.07, 6.45) is 1.47. The number of aromatic amines is 1. The third kappa shape index (κ3) is 4.21. The molecule has 8 heteroatoms. The SMILES string of the molecule is COc1cc(OC)c(OC)cc1C=NNC(=O)c1[nH]nc(-c2ccccc2)c1C. The van der Waals surface area contributed by atoms with Crippen molar-refractivity contribution in [3.8, 4) is 28.5 Å². The van der Waals surface area contributed by atoms with Crippen molar-refractivity contribution < 1.29 is 19.0 Å². The van der Waals surface area contributed by atoms with Gasteiger partial charge >= 0.3 is 0 Å². The Kier molecular flexibility index (Phi) is 6.13. The van der Waals surface area contributed by atoms with Gasteiger partial charge in [-0.2, -0.15) is 10.2 Å². The summed E-state index contributed by atoms with van der Waals surface area (Å²) in [5.74, 6) is 1.20. The number of H-pyrrole nitrogens is 1. The lowest BCUT2D eigenvalue weighted by molar-refractivity contribution is 0.0949. The van der Waals surface area contributed by atoms with E-state index in [1.165, 1.54) is 13.3 Å². The maximum absolute atomic E-state index is 12.5. The van der Waals surface area contributed by atoms with Gasteiger partial charge in [-0.25, -0.2) is 5.43 Å². The average Bonchev–Trinajstić information content (AvgIpc) is 3.15. The van der Waals surface area contributed by atoms with Gasteiger partial charge in [0.05, 0.1) is 33.2 Å². The molecule has 0 aliphatic carbocycles. The van der Waals surface area contributed by atoms with Gasteiger partial charge in [0.2, 0.25) is 0 Å². The first-order chi connectivity index (χ1) is 14.1. The van der Waals surface area contributed by atoms with E-state index in [9.17, 15) is 4.79 Å². The van der Waals surface area contributed by atoms with E-state index in [2.05, 4.69) is 20.7 Å². The van der Waals surface area contributed by atoms with Crippen LogP contribution in [0.25, 0.3) is 11.3 Å². The fourth-order valence-corrected chi connectivity index (χ4v) is 2.87. The van der Waals surface area contributed by atoms with Crippen LogP contribution in [0.2, 0.25) is 0 Å². The van der Waals surface area contributed by atoms with Gasteiger partial charge in [-0.1, -0.05) is 30.3 Å². The molecule has 0 aliphatic rings. The van der Waals surface area contributed by atoms with Crippen molar-refractivity contribution in [3.63, 3.8) is 0 Å². The van der Waals surface area contributed by atoms with Gasteiger partial charge in [-0.15, -0.1) is 0 Å². The third-order valence-corrected chi connectivity index (χ3v) is 4.39. The number of benzene rings is 2. The molecule has 3 aromatic rings. The minimum Gasteiger partial charge on any atom is -0.496 e. The van der Waals surface area contributed by atoms with Crippen molar-refractivity contribution in [1.29, 1.82) is 0 Å². The van der Waals surface area contributed by atoms with Crippen LogP contribution in [0.3, 0.4) is 0 Å². The molecule has 1 aromatic heterocycles. The Balaban J connectivity index is 1.78. The fourth-order valence-electron chi connectivity index (χ4n) is 2.87. The van der Waals surface area contributed by atoms with Crippen LogP contribution in [0.5, 0.6) is 17.2 Å². The Bertz CT molecular complexity index is 1030. The molecule has 0 saturated heterocycles. The second kappa shape index (κ2) is 8.92. The highest BCUT2D eigenvalue weighted by molar-refractivity contribution is 5.96. The van der Waals surface area contributed by atoms with E-state index in [-0.39, 0.29) is 0 Å². The number of methoxy groups -OCH3 is 3. The fraction of sp³-hybridized carbons (Fsp3) is 0.190. The van der Waals surface area contributed by atoms with E-state index in [1.54, 1.807) is 26.4 Å². The zero-order chi connectivity index (χ0) is 20.8. The van der Waals surface area contributed by atoms with Crippen LogP contribution >= 0.6 is 0 Å². The number of carbonyl (C=O) groups excluding carboxylic acids is 1. The monoisotopic (exact) mass is 394 g/mol. The van der Waals surface area contributed by atoms with Gasteiger partial charge in [-0.05, 0) is 13.0 Å². The van der Waals surface area contributed by atoms with Gasteiger partial charge < -0.3 is 14.2 Å². The molecule has 8 nitrogen and oxygen atoms in total. The van der Waals surface area contributed by atoms with Crippen molar-refractivity contribution >= 4 is 12.1 Å². The number of hydrogen-bond acceptors (Lipinski definition) is 6. The normalized spacial score (nSPS) is 10.8. The molecule has 29 heavy (non-hydrogen) atoms. The van der Waals surface area contributed by atoms with Gasteiger partial charge in [0.25, 0.3) is 5.91 Å². The van der Waals surface area contributed by atoms with E-state index in [1.807, 2.05) is 37.3 Å². The number of nitrogens with one attached hydrogen (secondary N) is 2. The molecule has 2 aromatic carbocycles. The number of aromatic nitrogens is 2. The number of hydrogen-bond donors (Lipinski definition) is 2. The Labute approximate surface area is 168 Å². The molecule has 0 fully saturated rings. The van der Waals surface area contributed by atoms with Crippen LogP contribution in [0.1, 0.15) is 21.6 Å². The number of amides is 1. The first kappa shape index (κ1) is 19.9. The quantitative estimate of drug-likeness (QED) is 0.474. The summed E-state index contributed by atoms with van der Waals surface area (Å²) < 4.78 is 15.9. The van der Waals surface area contributed by atoms with Crippen molar-refractivity contribution in [2.75, 3.05) is 21.3 Å². The summed E-state index contributed by atoms with van der Waals surface area (Å²) in [4.78, 5) is 12.5. The van der Waals surface area contributed by atoms with Crippen molar-refractivity contribution in [2.24, 2.45) is 5.10 Å². The Hall–Kier alpha value is -3.81. The van der Waals surface area contributed by atoms with Gasteiger partial charge in [-0.3, -0.25) is 9.89 Å². The minimum atomic E-state index is -0.395. The molecular weight excluding hydrogens is 372 g/mol. The van der Waals surface area contributed by atoms with E-state index in [0.29, 0.717) is 28.5 Å². The zero-order valence-corrected chi connectivity index (χ0v) is 16.6. The summed E-state index contributed by atoms with van der Waals surface area (Å²) in [5, 5.41) is 11.1. The first-order valence-electron chi connectivity index (χ1n) is 8.82. The van der Waals surface area contributed by atoms with E-state index >= 15 is 0 Å². The molecule has 0 bridgehead atoms. The predicted molar refractivity (Wildman–Crippen MR) is 110 cm³/mol. The Morgan fingerprint density at radius 2 is 1.69 bits per heavy atom. The van der Waals surface area contributed by atoms with Crippen LogP contribution in [0, 0.1) is 6.92 Å². The zero-order valence-electron chi connectivity index (χ0n) is 16.6. The van der Waals surface area contributed by atoms with Crippen LogP contribution in [-0.4, -0.2) is 43.6 Å². The Morgan fingerprint density at radius 3 is 2.34 bits per heavy atom. The number of hydrazone groups is 1. The molecule has 0 unspecified atom stereocenters. The molecule has 0 atom stereocenters. The van der Waals surface area contributed by atoms with Crippen LogP contribution in [0.4, 0.5) is 0 Å². The highest BCUT2D eigenvalue weighted by Gasteiger charge is 2.16. The largest absolute Gasteiger partial charge is 0.496 e. The average molecular weight is 394 g/mol. The van der Waals surface area contributed by atoms with Crippen molar-refractivity contribution in [1.82, 2.24) is 15.6 Å². The first-order valence-corrected chi connectivity index (χ1v) is 8.82. The molecule has 0 radical (unpaired) electrons. The maximum atomic E-state index is 12.5. The number of ether oxygens (including phenoxy) is 3. The Morgan fingerprint density at radius 1 is 1.03 bits per heavy atom. The molecule has 0 aliphatic heterocycles. The van der Waals surface area contributed by atoms with E-state index in [4.69, 9.17) is 14.2 Å². The van der Waals surface area contributed by atoms with E-state index < -0.39 is 5.91 Å². The summed E-state index contributed by atoms with van der Waals surface area (Å²) in [7, 11) is 4.62. The van der Waals surface area contributed by atoms with Gasteiger partial charge in [0, 0.05) is 22.8 Å². The molecule has 150 valence electrons. The maximum Gasteiger partial charge on any atom is 0.289 e. The predicted octanol–water partition coefficient (Wildman–Crippen LogP) is 3.17. The molecule has 0 saturated carbocycles. The number of rotatable bonds is 7. The minimum absolute atomic E-state index is 0.347. The van der Waals surface area contributed by atoms with E-state index in [0.717, 1.165) is 16.8 Å². The van der Waals surface area contributed by atoms with Crippen molar-refractivity contribution in [2.45, 2.75) is 6.92 Å². The second-order valence-corrected chi connectivity index (χ2v) is 6.09. The van der Waals surface area contributed by atoms with Crippen LogP contribution in [-0.2, 0) is 0 Å². The van der Waals surface area contributed by atoms with Crippen LogP contribution in [0.15, 0.2) is 47.6 Å². The lowest BCUT2D eigenvalue weighted by atomic mass is 10.1. The standard InChI is InChI=1S/C21H22N4O4/c1-13-19(14-8-6-5-7-9-14)23-24-20(13)21(26)25-22-12-15-10-17(28-3)18(29-4)11-16(15)27-2/h5-12H,1-4H3,(H,23,24)(H,25,26). The molecule has 0 spiro atoms. The van der Waals surface area contributed by atoms with Gasteiger partial charge in [0.1, 0.15) is 11.4 Å². The number of nitrogens with zero attached hydrogens (tertiary/aromatic N) is 2.